The quantitative estimate of drug-likeness (QED) is 0.0281. The molecule has 56 heavy (non-hydrogen) atoms. The molecule has 26 nitrogen and oxygen atoms in total. The fraction of sp³-hybridized carbons (Fsp3) is 0.640. The van der Waals surface area contributed by atoms with E-state index >= 15 is 0 Å². The summed E-state index contributed by atoms with van der Waals surface area (Å²) in [6.07, 6.45) is -7.13. The summed E-state index contributed by atoms with van der Waals surface area (Å²) in [5.41, 5.74) is 4.19. The molecule has 2 aromatic rings. The van der Waals surface area contributed by atoms with Crippen molar-refractivity contribution >= 4 is 94.0 Å². The molecule has 0 bridgehead atoms. The number of rotatable bonds is 21. The third-order valence-corrected chi connectivity index (χ3v) is 11.6. The second-order valence-electron chi connectivity index (χ2n) is 12.3. The third kappa shape index (κ3) is 14.5. The zero-order valence-electron chi connectivity index (χ0n) is 30.0. The van der Waals surface area contributed by atoms with E-state index in [4.69, 9.17) is 24.6 Å². The molecule has 0 aliphatic carbocycles. The monoisotopic (exact) mass is 874 g/mol. The van der Waals surface area contributed by atoms with Gasteiger partial charge in [0.15, 0.2) is 17.7 Å². The number of ether oxygens (including phenoxy) is 1. The molecule has 3 unspecified atom stereocenters. The fourth-order valence-corrected chi connectivity index (χ4v) is 8.09. The molecule has 1 fully saturated rings. The van der Waals surface area contributed by atoms with Gasteiger partial charge in [-0.25, -0.2) is 28.6 Å². The van der Waals surface area contributed by atoms with Crippen LogP contribution in [0.3, 0.4) is 0 Å². The predicted molar refractivity (Wildman–Crippen MR) is 190 cm³/mol. The molecule has 31 heteroatoms. The van der Waals surface area contributed by atoms with Crippen molar-refractivity contribution in [3.8, 4) is 0 Å². The number of carbonyl (C=O) groups is 4. The number of anilines is 1. The Morgan fingerprint density at radius 3 is 2.32 bits per heavy atom. The van der Waals surface area contributed by atoms with E-state index in [-0.39, 0.29) is 61.1 Å². The van der Waals surface area contributed by atoms with Crippen molar-refractivity contribution in [2.75, 3.05) is 37.8 Å². The van der Waals surface area contributed by atoms with E-state index in [9.17, 15) is 62.7 Å². The van der Waals surface area contributed by atoms with Crippen LogP contribution in [0.5, 0.6) is 0 Å². The molecule has 0 spiro atoms. The average molecular weight is 875 g/mol. The Balaban J connectivity index is 0.0000108. The molecule has 2 amide bonds. The third-order valence-electron chi connectivity index (χ3n) is 7.47. The van der Waals surface area contributed by atoms with Crippen molar-refractivity contribution in [2.24, 2.45) is 11.3 Å². The smallest absolute Gasteiger partial charge is 0.481 e. The Morgan fingerprint density at radius 2 is 1.70 bits per heavy atom. The molecule has 3 heterocycles. The maximum atomic E-state index is 12.6. The van der Waals surface area contributed by atoms with Gasteiger partial charge in [-0.2, -0.15) is 4.31 Å². The van der Waals surface area contributed by atoms with Gasteiger partial charge in [-0.3, -0.25) is 37.3 Å². The number of aromatic nitrogens is 4. The van der Waals surface area contributed by atoms with Crippen LogP contribution in [0.1, 0.15) is 33.4 Å². The molecule has 0 aromatic carbocycles. The number of amides is 2. The molecular formula is C25H40LiN7O19P3S. The van der Waals surface area contributed by atoms with Crippen LogP contribution in [0.2, 0.25) is 0 Å². The van der Waals surface area contributed by atoms with Crippen molar-refractivity contribution in [1.82, 2.24) is 30.2 Å². The predicted octanol–water partition coefficient (Wildman–Crippen LogP) is -2.00. The first kappa shape index (κ1) is 49.8. The number of carboxylic acid groups (broad SMARTS) is 1. The number of aliphatic hydroxyl groups excluding tert-OH is 2. The van der Waals surface area contributed by atoms with E-state index in [1.54, 1.807) is 0 Å². The summed E-state index contributed by atoms with van der Waals surface area (Å²) in [5, 5.41) is 34.3. The van der Waals surface area contributed by atoms with Crippen molar-refractivity contribution in [1.29, 1.82) is 0 Å². The number of nitrogens with two attached hydrogens (primary N) is 1. The minimum absolute atomic E-state index is 0. The molecule has 1 aliphatic heterocycles. The van der Waals surface area contributed by atoms with E-state index < -0.39 is 102 Å². The Hall–Kier alpha value is -2.37. The van der Waals surface area contributed by atoms with E-state index in [0.29, 0.717) is 0 Å². The normalized spacial score (nSPS) is 21.9. The number of nitrogens with one attached hydrogen (secondary N) is 2. The second-order valence-corrected chi connectivity index (χ2v) is 17.6. The summed E-state index contributed by atoms with van der Waals surface area (Å²) in [7, 11) is -16.4. The van der Waals surface area contributed by atoms with Crippen LogP contribution in [0, 0.1) is 11.3 Å². The Morgan fingerprint density at radius 1 is 1.05 bits per heavy atom. The van der Waals surface area contributed by atoms with Crippen LogP contribution < -0.4 is 16.4 Å². The topological polar surface area (TPSA) is 401 Å². The largest absolute Gasteiger partial charge is 0.481 e. The second kappa shape index (κ2) is 20.5. The summed E-state index contributed by atoms with van der Waals surface area (Å²) in [4.78, 5) is 97.8. The molecule has 2 aromatic heterocycles. The number of aliphatic carboxylic acids is 1. The standard InChI is InChI=1S/C25H40N7O19P3S.Li/c1-12(23(37)38)24(39)55-7-6-27-14(33)4-5-28-21(36)18(35)25(2,3)9-48-54(45,46)51-53(43,44)47-8-13-17(50-52(40,41)42)16(34)22(49-13)32-11-31-15-19(26)29-10-30-20(15)32;/h10-13,16-18,22,34-35H,4-9H2,1-3H3,(H,27,33)(H,28,36)(H,37,38)(H,43,44)(H,45,46)(H2,26,29,30)(H2,40,41,42);/t12?,13-,16-,17-,18+,22-;/m1./s1. The molecule has 8 atom stereocenters. The van der Waals surface area contributed by atoms with Gasteiger partial charge in [-0.15, -0.1) is 0 Å². The number of aliphatic hydroxyl groups is 2. The number of nitrogen functional groups attached to an aromatic ring is 1. The van der Waals surface area contributed by atoms with Gasteiger partial charge in [0.2, 0.25) is 16.9 Å². The first-order valence-electron chi connectivity index (χ1n) is 15.6. The van der Waals surface area contributed by atoms with Crippen molar-refractivity contribution in [3.05, 3.63) is 12.7 Å². The molecule has 3 rings (SSSR count). The first-order valence-corrected chi connectivity index (χ1v) is 21.1. The van der Waals surface area contributed by atoms with Gasteiger partial charge >= 0.3 is 29.4 Å². The molecular weight excluding hydrogens is 834 g/mol. The molecule has 1 aliphatic rings. The van der Waals surface area contributed by atoms with Gasteiger partial charge in [0.1, 0.15) is 42.2 Å². The van der Waals surface area contributed by atoms with Gasteiger partial charge in [-0.05, 0) is 6.92 Å². The summed E-state index contributed by atoms with van der Waals surface area (Å²) in [6.45, 7) is 1.35. The van der Waals surface area contributed by atoms with Gasteiger partial charge in [0.05, 0.1) is 19.5 Å². The Kier molecular flexibility index (Phi) is 18.3. The maximum absolute atomic E-state index is 12.6. The summed E-state index contributed by atoms with van der Waals surface area (Å²) < 4.78 is 61.9. The van der Waals surface area contributed by atoms with E-state index in [1.165, 1.54) is 20.8 Å². The minimum Gasteiger partial charge on any atom is -0.481 e. The molecule has 1 radical (unpaired) electrons. The minimum atomic E-state index is -5.59. The number of nitrogens with zero attached hydrogens (tertiary/aromatic N) is 4. The molecule has 311 valence electrons. The number of carbonyl (C=O) groups excluding carboxylic acids is 3. The van der Waals surface area contributed by atoms with E-state index in [2.05, 4.69) is 34.4 Å². The van der Waals surface area contributed by atoms with Gasteiger partial charge in [0, 0.05) is 49.5 Å². The number of thioether (sulfide) groups is 1. The SMILES string of the molecule is CC(C(=O)O)C(=O)SCCNC(=O)CCNC(=O)[C@H](O)C(C)(C)COP(=O)(O)OP(=O)(O)OC[C@H]1O[C@@H](n2cnc3c(N)ncnc32)[C@H](O)[C@@H]1OP(=O)(O)O.[Li]. The number of fused-ring (bicyclic) bond motifs is 1. The number of carboxylic acids is 1. The average Bonchev–Trinajstić information content (AvgIpc) is 3.64. The van der Waals surface area contributed by atoms with Crippen molar-refractivity contribution in [3.63, 3.8) is 0 Å². The summed E-state index contributed by atoms with van der Waals surface area (Å²) in [5.74, 6) is -4.01. The fourth-order valence-electron chi connectivity index (χ4n) is 4.51. The van der Waals surface area contributed by atoms with E-state index in [1.807, 2.05) is 0 Å². The molecule has 1 saturated heterocycles. The number of phosphoric ester groups is 3. The van der Waals surface area contributed by atoms with Gasteiger partial charge < -0.3 is 56.0 Å². The van der Waals surface area contributed by atoms with Crippen LogP contribution in [-0.2, 0) is 55.5 Å². The van der Waals surface area contributed by atoms with Crippen molar-refractivity contribution < 1.29 is 90.4 Å². The Bertz CT molecular complexity index is 1870. The number of imidazole rings is 1. The van der Waals surface area contributed by atoms with Crippen LogP contribution >= 0.6 is 35.2 Å². The number of phosphoric acid groups is 3. The maximum Gasteiger partial charge on any atom is 0.481 e. The van der Waals surface area contributed by atoms with E-state index in [0.717, 1.165) is 29.0 Å². The van der Waals surface area contributed by atoms with Crippen LogP contribution in [0.4, 0.5) is 5.82 Å². The number of hydrogen-bond donors (Lipinski definition) is 10. The number of hydrogen-bond acceptors (Lipinski definition) is 19. The molecule has 11 N–H and O–H groups in total. The summed E-state index contributed by atoms with van der Waals surface area (Å²) in [6, 6.07) is 0. The van der Waals surface area contributed by atoms with Gasteiger partial charge in [0.25, 0.3) is 0 Å². The van der Waals surface area contributed by atoms with Crippen LogP contribution in [0.25, 0.3) is 11.2 Å². The zero-order valence-corrected chi connectivity index (χ0v) is 33.5. The van der Waals surface area contributed by atoms with Crippen molar-refractivity contribution in [2.45, 2.75) is 57.8 Å². The van der Waals surface area contributed by atoms with Gasteiger partial charge in [-0.1, -0.05) is 25.6 Å². The molecule has 0 saturated carbocycles. The first-order chi connectivity index (χ1) is 25.3. The zero-order chi connectivity index (χ0) is 41.5. The van der Waals surface area contributed by atoms with Crippen LogP contribution in [-0.4, -0.2) is 153 Å². The summed E-state index contributed by atoms with van der Waals surface area (Å²) >= 11 is 0.726. The Labute approximate surface area is 333 Å². The van der Waals surface area contributed by atoms with Crippen LogP contribution in [0.15, 0.2) is 12.7 Å².